The van der Waals surface area contributed by atoms with Gasteiger partial charge in [0.05, 0.1) is 6.54 Å². The number of amides is 1. The number of likely N-dealkylation sites (N-methyl/N-ethyl adjacent to an activating group) is 2. The van der Waals surface area contributed by atoms with Crippen molar-refractivity contribution in [2.45, 2.75) is 51.6 Å². The summed E-state index contributed by atoms with van der Waals surface area (Å²) in [6.07, 6.45) is 4.53. The van der Waals surface area contributed by atoms with E-state index in [-0.39, 0.29) is 5.91 Å². The van der Waals surface area contributed by atoms with Gasteiger partial charge in [0.15, 0.2) is 0 Å². The van der Waals surface area contributed by atoms with Crippen molar-refractivity contribution in [1.29, 1.82) is 0 Å². The van der Waals surface area contributed by atoms with Crippen molar-refractivity contribution in [3.63, 3.8) is 0 Å². The van der Waals surface area contributed by atoms with Crippen LogP contribution in [0.2, 0.25) is 0 Å². The van der Waals surface area contributed by atoms with Gasteiger partial charge in [0.1, 0.15) is 0 Å². The Morgan fingerprint density at radius 3 is 2.47 bits per heavy atom. The maximum absolute atomic E-state index is 12.0. The second-order valence-corrected chi connectivity index (χ2v) is 5.06. The van der Waals surface area contributed by atoms with Crippen LogP contribution in [0.15, 0.2) is 0 Å². The van der Waals surface area contributed by atoms with Crippen LogP contribution in [0.5, 0.6) is 0 Å². The molecule has 17 heavy (non-hydrogen) atoms. The number of hydrogen-bond donors (Lipinski definition) is 1. The Morgan fingerprint density at radius 1 is 1.29 bits per heavy atom. The maximum Gasteiger partial charge on any atom is 0.236 e. The highest BCUT2D eigenvalue weighted by atomic mass is 16.2. The summed E-state index contributed by atoms with van der Waals surface area (Å²) in [5.74, 6) is 0.233. The zero-order valence-corrected chi connectivity index (χ0v) is 11.5. The average molecular weight is 241 g/mol. The van der Waals surface area contributed by atoms with Gasteiger partial charge < -0.3 is 10.6 Å². The zero-order chi connectivity index (χ0) is 12.8. The van der Waals surface area contributed by atoms with E-state index in [1.165, 1.54) is 12.8 Å². The van der Waals surface area contributed by atoms with E-state index in [0.717, 1.165) is 25.9 Å². The van der Waals surface area contributed by atoms with Crippen molar-refractivity contribution in [2.75, 3.05) is 26.7 Å². The smallest absolute Gasteiger partial charge is 0.236 e. The molecule has 0 radical (unpaired) electrons. The molecule has 4 nitrogen and oxygen atoms in total. The predicted molar refractivity (Wildman–Crippen MR) is 70.8 cm³/mol. The number of hydrogen-bond acceptors (Lipinski definition) is 3. The van der Waals surface area contributed by atoms with Crippen LogP contribution in [0.4, 0.5) is 0 Å². The van der Waals surface area contributed by atoms with E-state index in [4.69, 9.17) is 5.73 Å². The highest BCUT2D eigenvalue weighted by Gasteiger charge is 2.24. The van der Waals surface area contributed by atoms with Crippen molar-refractivity contribution in [1.82, 2.24) is 9.80 Å². The average Bonchev–Trinajstić information content (AvgIpc) is 2.30. The van der Waals surface area contributed by atoms with Gasteiger partial charge in [-0.25, -0.2) is 0 Å². The van der Waals surface area contributed by atoms with Gasteiger partial charge in [-0.3, -0.25) is 9.69 Å². The lowest BCUT2D eigenvalue weighted by molar-refractivity contribution is -0.132. The van der Waals surface area contributed by atoms with Crippen LogP contribution in [-0.4, -0.2) is 54.5 Å². The Balaban J connectivity index is 2.42. The van der Waals surface area contributed by atoms with Crippen molar-refractivity contribution >= 4 is 5.91 Å². The first kappa shape index (κ1) is 14.5. The number of carbonyl (C=O) groups is 1. The molecule has 100 valence electrons. The van der Waals surface area contributed by atoms with Crippen molar-refractivity contribution in [2.24, 2.45) is 5.73 Å². The monoisotopic (exact) mass is 241 g/mol. The highest BCUT2D eigenvalue weighted by molar-refractivity contribution is 5.78. The fourth-order valence-electron chi connectivity index (χ4n) is 2.62. The maximum atomic E-state index is 12.0. The predicted octanol–water partition coefficient (Wildman–Crippen LogP) is 1.06. The molecule has 4 heteroatoms. The molecule has 0 aromatic carbocycles. The van der Waals surface area contributed by atoms with Crippen LogP contribution in [0.3, 0.4) is 0 Å². The molecule has 0 aromatic heterocycles. The van der Waals surface area contributed by atoms with Gasteiger partial charge in [-0.1, -0.05) is 6.42 Å². The Bertz CT molecular complexity index is 241. The standard InChI is InChI=1S/C13H27N3O/c1-4-16(5-2)13(17)10-15(3)12-8-6-7-11(14)9-12/h11-12H,4-10,14H2,1-3H3. The summed E-state index contributed by atoms with van der Waals surface area (Å²) in [6.45, 7) is 6.18. The molecule has 0 saturated heterocycles. The van der Waals surface area contributed by atoms with E-state index in [1.807, 2.05) is 25.8 Å². The van der Waals surface area contributed by atoms with Crippen molar-refractivity contribution < 1.29 is 4.79 Å². The second-order valence-electron chi connectivity index (χ2n) is 5.06. The van der Waals surface area contributed by atoms with E-state index in [2.05, 4.69) is 4.90 Å². The van der Waals surface area contributed by atoms with E-state index in [9.17, 15) is 4.79 Å². The minimum Gasteiger partial charge on any atom is -0.342 e. The molecule has 2 atom stereocenters. The fourth-order valence-corrected chi connectivity index (χ4v) is 2.62. The molecule has 2 unspecified atom stereocenters. The van der Waals surface area contributed by atoms with Gasteiger partial charge in [0.25, 0.3) is 0 Å². The highest BCUT2D eigenvalue weighted by Crippen LogP contribution is 2.20. The lowest BCUT2D eigenvalue weighted by Crippen LogP contribution is -2.46. The van der Waals surface area contributed by atoms with Gasteiger partial charge in [-0.2, -0.15) is 0 Å². The molecule has 0 aromatic rings. The lowest BCUT2D eigenvalue weighted by Gasteiger charge is -2.34. The number of nitrogens with zero attached hydrogens (tertiary/aromatic N) is 2. The summed E-state index contributed by atoms with van der Waals surface area (Å²) >= 11 is 0. The largest absolute Gasteiger partial charge is 0.342 e. The normalized spacial score (nSPS) is 25.0. The van der Waals surface area contributed by atoms with E-state index in [1.54, 1.807) is 0 Å². The van der Waals surface area contributed by atoms with Crippen molar-refractivity contribution in [3.05, 3.63) is 0 Å². The van der Waals surface area contributed by atoms with Gasteiger partial charge in [0, 0.05) is 25.2 Å². The molecule has 1 rings (SSSR count). The van der Waals surface area contributed by atoms with E-state index >= 15 is 0 Å². The third kappa shape index (κ3) is 4.28. The quantitative estimate of drug-likeness (QED) is 0.783. The molecular formula is C13H27N3O. The van der Waals surface area contributed by atoms with Gasteiger partial charge >= 0.3 is 0 Å². The second kappa shape index (κ2) is 6.97. The topological polar surface area (TPSA) is 49.6 Å². The third-order valence-corrected chi connectivity index (χ3v) is 3.81. The first-order chi connectivity index (χ1) is 8.08. The van der Waals surface area contributed by atoms with Crippen LogP contribution in [-0.2, 0) is 4.79 Å². The van der Waals surface area contributed by atoms with Crippen LogP contribution >= 0.6 is 0 Å². The number of nitrogens with two attached hydrogens (primary N) is 1. The van der Waals surface area contributed by atoms with E-state index in [0.29, 0.717) is 18.6 Å². The molecule has 0 spiro atoms. The molecule has 1 aliphatic carbocycles. The number of rotatable bonds is 5. The summed E-state index contributed by atoms with van der Waals surface area (Å²) in [6, 6.07) is 0.804. The van der Waals surface area contributed by atoms with Gasteiger partial charge in [-0.15, -0.1) is 0 Å². The SMILES string of the molecule is CCN(CC)C(=O)CN(C)C1CCCC(N)C1. The first-order valence-corrected chi connectivity index (χ1v) is 6.82. The molecule has 1 aliphatic rings. The van der Waals surface area contributed by atoms with Crippen LogP contribution in [0.1, 0.15) is 39.5 Å². The number of carbonyl (C=O) groups excluding carboxylic acids is 1. The molecule has 0 heterocycles. The molecular weight excluding hydrogens is 214 g/mol. The summed E-state index contributed by atoms with van der Waals surface area (Å²) < 4.78 is 0. The Kier molecular flexibility index (Phi) is 5.92. The summed E-state index contributed by atoms with van der Waals surface area (Å²) in [5, 5.41) is 0. The Hall–Kier alpha value is -0.610. The molecule has 0 bridgehead atoms. The Morgan fingerprint density at radius 2 is 1.94 bits per heavy atom. The van der Waals surface area contributed by atoms with Crippen LogP contribution in [0, 0.1) is 0 Å². The minimum absolute atomic E-state index is 0.233. The molecule has 2 N–H and O–H groups in total. The molecule has 1 saturated carbocycles. The summed E-state index contributed by atoms with van der Waals surface area (Å²) in [7, 11) is 2.05. The molecule has 0 aliphatic heterocycles. The zero-order valence-electron chi connectivity index (χ0n) is 11.5. The first-order valence-electron chi connectivity index (χ1n) is 6.82. The lowest BCUT2D eigenvalue weighted by atomic mass is 9.91. The fraction of sp³-hybridized carbons (Fsp3) is 0.923. The molecule has 1 fully saturated rings. The minimum atomic E-state index is 0.233. The molecule has 1 amide bonds. The Labute approximate surface area is 105 Å². The van der Waals surface area contributed by atoms with Gasteiger partial charge in [0.2, 0.25) is 5.91 Å². The summed E-state index contributed by atoms with van der Waals surface area (Å²) in [5.41, 5.74) is 5.98. The van der Waals surface area contributed by atoms with Crippen LogP contribution < -0.4 is 5.73 Å². The van der Waals surface area contributed by atoms with E-state index < -0.39 is 0 Å². The third-order valence-electron chi connectivity index (χ3n) is 3.81. The van der Waals surface area contributed by atoms with Crippen molar-refractivity contribution in [3.8, 4) is 0 Å². The van der Waals surface area contributed by atoms with Crippen LogP contribution in [0.25, 0.3) is 0 Å². The summed E-state index contributed by atoms with van der Waals surface area (Å²) in [4.78, 5) is 16.1. The van der Waals surface area contributed by atoms with Gasteiger partial charge in [-0.05, 0) is 40.2 Å².